The highest BCUT2D eigenvalue weighted by Crippen LogP contribution is 2.29. The summed E-state index contributed by atoms with van der Waals surface area (Å²) in [5.41, 5.74) is 5.64. The minimum Gasteiger partial charge on any atom is -0.296 e. The van der Waals surface area contributed by atoms with E-state index in [4.69, 9.17) is 15.0 Å². The van der Waals surface area contributed by atoms with E-state index in [2.05, 4.69) is 52.0 Å². The molecule has 0 radical (unpaired) electrons. The maximum atomic E-state index is 13.8. The van der Waals surface area contributed by atoms with Gasteiger partial charge in [0.25, 0.3) is 5.56 Å². The lowest BCUT2D eigenvalue weighted by Crippen LogP contribution is -2.24. The molecule has 3 heterocycles. The molecule has 5 aromatic rings. The van der Waals surface area contributed by atoms with Crippen LogP contribution in [0.4, 0.5) is 0 Å². The van der Waals surface area contributed by atoms with Gasteiger partial charge < -0.3 is 0 Å². The molecule has 6 heteroatoms. The Morgan fingerprint density at radius 3 is 2.21 bits per heavy atom. The molecule has 0 aliphatic rings. The first-order valence-electron chi connectivity index (χ1n) is 12.2. The fraction of sp³-hybridized carbons (Fsp3) is 0.357. The summed E-state index contributed by atoms with van der Waals surface area (Å²) in [5.74, 6) is 1.70. The number of fused-ring (bicyclic) bond motifs is 4. The second kappa shape index (κ2) is 8.67. The van der Waals surface area contributed by atoms with Crippen LogP contribution in [0, 0.1) is 12.8 Å². The highest BCUT2D eigenvalue weighted by molar-refractivity contribution is 6.05. The Hall–Kier alpha value is -3.54. The van der Waals surface area contributed by atoms with E-state index in [0.717, 1.165) is 29.6 Å². The zero-order valence-electron chi connectivity index (χ0n) is 20.5. The zero-order valence-corrected chi connectivity index (χ0v) is 20.5. The van der Waals surface area contributed by atoms with E-state index in [0.29, 0.717) is 46.4 Å². The Labute approximate surface area is 199 Å². The van der Waals surface area contributed by atoms with Gasteiger partial charge in [-0.2, -0.15) is 0 Å². The molecule has 0 bridgehead atoms. The Morgan fingerprint density at radius 1 is 0.882 bits per heavy atom. The SMILES string of the molecule is CCC(C)c1ccc(-n2c3nc4ccccc4nc3c3c(=O)n(CCC(C)C)c(C)nc32)cc1. The molecule has 0 fully saturated rings. The summed E-state index contributed by atoms with van der Waals surface area (Å²) >= 11 is 0. The van der Waals surface area contributed by atoms with Crippen LogP contribution in [-0.2, 0) is 6.54 Å². The van der Waals surface area contributed by atoms with Gasteiger partial charge >= 0.3 is 0 Å². The van der Waals surface area contributed by atoms with Gasteiger partial charge in [0, 0.05) is 12.2 Å². The summed E-state index contributed by atoms with van der Waals surface area (Å²) in [6, 6.07) is 16.3. The van der Waals surface area contributed by atoms with Crippen molar-refractivity contribution in [1.29, 1.82) is 0 Å². The first-order valence-corrected chi connectivity index (χ1v) is 12.2. The quantitative estimate of drug-likeness (QED) is 0.309. The highest BCUT2D eigenvalue weighted by Gasteiger charge is 2.22. The topological polar surface area (TPSA) is 65.6 Å². The highest BCUT2D eigenvalue weighted by atomic mass is 16.1. The van der Waals surface area contributed by atoms with Crippen molar-refractivity contribution in [2.45, 2.75) is 59.9 Å². The van der Waals surface area contributed by atoms with E-state index in [9.17, 15) is 4.79 Å². The van der Waals surface area contributed by atoms with Gasteiger partial charge in [-0.15, -0.1) is 0 Å². The minimum absolute atomic E-state index is 0.0484. The molecule has 34 heavy (non-hydrogen) atoms. The van der Waals surface area contributed by atoms with Crippen LogP contribution in [0.2, 0.25) is 0 Å². The molecule has 2 aromatic carbocycles. The number of aryl methyl sites for hydroxylation is 1. The van der Waals surface area contributed by atoms with Gasteiger partial charge in [-0.3, -0.25) is 13.9 Å². The molecule has 1 atom stereocenters. The maximum Gasteiger partial charge on any atom is 0.265 e. The molecule has 0 saturated heterocycles. The van der Waals surface area contributed by atoms with Crippen LogP contribution in [0.15, 0.2) is 53.3 Å². The van der Waals surface area contributed by atoms with Gasteiger partial charge in [0.15, 0.2) is 11.3 Å². The number of aromatic nitrogens is 5. The molecular weight excluding hydrogens is 422 g/mol. The summed E-state index contributed by atoms with van der Waals surface area (Å²) in [6.07, 6.45) is 2.00. The van der Waals surface area contributed by atoms with Gasteiger partial charge in [-0.05, 0) is 61.4 Å². The fourth-order valence-electron chi connectivity index (χ4n) is 4.51. The van der Waals surface area contributed by atoms with E-state index in [1.54, 1.807) is 4.57 Å². The van der Waals surface area contributed by atoms with Crippen molar-refractivity contribution in [2.75, 3.05) is 0 Å². The van der Waals surface area contributed by atoms with E-state index in [1.807, 2.05) is 35.8 Å². The fourth-order valence-corrected chi connectivity index (χ4v) is 4.51. The molecule has 174 valence electrons. The predicted molar refractivity (Wildman–Crippen MR) is 139 cm³/mol. The van der Waals surface area contributed by atoms with Crippen molar-refractivity contribution in [2.24, 2.45) is 5.92 Å². The van der Waals surface area contributed by atoms with Crippen LogP contribution in [0.25, 0.3) is 38.9 Å². The van der Waals surface area contributed by atoms with Crippen molar-refractivity contribution >= 4 is 33.2 Å². The first-order chi connectivity index (χ1) is 16.4. The second-order valence-corrected chi connectivity index (χ2v) is 9.62. The smallest absolute Gasteiger partial charge is 0.265 e. The van der Waals surface area contributed by atoms with Crippen LogP contribution in [-0.4, -0.2) is 24.1 Å². The monoisotopic (exact) mass is 453 g/mol. The first kappa shape index (κ1) is 22.3. The molecule has 0 amide bonds. The average molecular weight is 454 g/mol. The summed E-state index contributed by atoms with van der Waals surface area (Å²) in [4.78, 5) is 28.6. The molecule has 0 N–H and O–H groups in total. The van der Waals surface area contributed by atoms with Crippen LogP contribution < -0.4 is 5.56 Å². The van der Waals surface area contributed by atoms with Crippen LogP contribution in [0.3, 0.4) is 0 Å². The summed E-state index contributed by atoms with van der Waals surface area (Å²) in [7, 11) is 0. The van der Waals surface area contributed by atoms with Crippen LogP contribution in [0.1, 0.15) is 57.8 Å². The normalized spacial score (nSPS) is 12.9. The van der Waals surface area contributed by atoms with Crippen LogP contribution >= 0.6 is 0 Å². The molecule has 5 rings (SSSR count). The lowest BCUT2D eigenvalue weighted by Gasteiger charge is -2.13. The van der Waals surface area contributed by atoms with Gasteiger partial charge in [-0.1, -0.05) is 52.0 Å². The molecule has 0 spiro atoms. The van der Waals surface area contributed by atoms with Gasteiger partial charge in [0.1, 0.15) is 16.7 Å². The Bertz CT molecular complexity index is 1560. The lowest BCUT2D eigenvalue weighted by atomic mass is 9.99. The van der Waals surface area contributed by atoms with E-state index >= 15 is 0 Å². The zero-order chi connectivity index (χ0) is 24.0. The van der Waals surface area contributed by atoms with Crippen LogP contribution in [0.5, 0.6) is 0 Å². The van der Waals surface area contributed by atoms with Crippen molar-refractivity contribution < 1.29 is 0 Å². The molecule has 6 nitrogen and oxygen atoms in total. The van der Waals surface area contributed by atoms with Gasteiger partial charge in [0.2, 0.25) is 0 Å². The van der Waals surface area contributed by atoms with Gasteiger partial charge in [-0.25, -0.2) is 15.0 Å². The van der Waals surface area contributed by atoms with Crippen molar-refractivity contribution in [1.82, 2.24) is 24.1 Å². The molecule has 0 aliphatic heterocycles. The number of nitrogens with zero attached hydrogens (tertiary/aromatic N) is 5. The Balaban J connectivity index is 1.84. The van der Waals surface area contributed by atoms with Crippen molar-refractivity contribution in [3.63, 3.8) is 0 Å². The third-order valence-electron chi connectivity index (χ3n) is 6.82. The van der Waals surface area contributed by atoms with E-state index < -0.39 is 0 Å². The minimum atomic E-state index is -0.0484. The number of benzene rings is 2. The van der Waals surface area contributed by atoms with E-state index in [1.165, 1.54) is 5.56 Å². The number of rotatable bonds is 6. The molecule has 0 saturated carbocycles. The molecule has 0 aliphatic carbocycles. The average Bonchev–Trinajstić information content (AvgIpc) is 3.14. The predicted octanol–water partition coefficient (Wildman–Crippen LogP) is 6.15. The molecule has 3 aromatic heterocycles. The third-order valence-corrected chi connectivity index (χ3v) is 6.82. The van der Waals surface area contributed by atoms with E-state index in [-0.39, 0.29) is 5.56 Å². The Morgan fingerprint density at radius 2 is 1.56 bits per heavy atom. The molecule has 1 unspecified atom stereocenters. The number of hydrogen-bond donors (Lipinski definition) is 0. The number of hydrogen-bond acceptors (Lipinski definition) is 4. The van der Waals surface area contributed by atoms with Crippen molar-refractivity contribution in [3.05, 3.63) is 70.3 Å². The van der Waals surface area contributed by atoms with Gasteiger partial charge in [0.05, 0.1) is 11.0 Å². The third kappa shape index (κ3) is 3.67. The summed E-state index contributed by atoms with van der Waals surface area (Å²) < 4.78 is 3.78. The molecular formula is C28H31N5O. The Kier molecular flexibility index (Phi) is 5.68. The summed E-state index contributed by atoms with van der Waals surface area (Å²) in [5, 5.41) is 0.536. The maximum absolute atomic E-state index is 13.8. The van der Waals surface area contributed by atoms with Crippen molar-refractivity contribution in [3.8, 4) is 5.69 Å². The summed E-state index contributed by atoms with van der Waals surface area (Å²) in [6.45, 7) is 11.3. The second-order valence-electron chi connectivity index (χ2n) is 9.62. The lowest BCUT2D eigenvalue weighted by molar-refractivity contribution is 0.498. The largest absolute Gasteiger partial charge is 0.296 e. The standard InChI is InChI=1S/C28H31N5O/c1-6-18(4)20-11-13-21(14-12-20)33-26-24(28(34)32(19(5)29-26)16-15-17(2)3)25-27(33)31-23-10-8-7-9-22(23)30-25/h7-14,17-18H,6,15-16H2,1-5H3. The number of para-hydroxylation sites is 2.